The average molecular weight is 491 g/mol. The highest BCUT2D eigenvalue weighted by molar-refractivity contribution is 8.00. The van der Waals surface area contributed by atoms with E-state index in [0.29, 0.717) is 11.7 Å². The van der Waals surface area contributed by atoms with E-state index in [-0.39, 0.29) is 11.7 Å². The molecule has 4 aromatic rings. The fraction of sp³-hybridized carbons (Fsp3) is 0.308. The minimum Gasteiger partial charge on any atom is -0.324 e. The van der Waals surface area contributed by atoms with Gasteiger partial charge in [0.25, 0.3) is 0 Å². The Kier molecular flexibility index (Phi) is 7.06. The van der Waals surface area contributed by atoms with Gasteiger partial charge in [0.1, 0.15) is 5.82 Å². The molecule has 1 unspecified atom stereocenters. The van der Waals surface area contributed by atoms with Crippen LogP contribution in [0, 0.1) is 5.82 Å². The van der Waals surface area contributed by atoms with E-state index < -0.39 is 5.25 Å². The summed E-state index contributed by atoms with van der Waals surface area (Å²) in [5.41, 5.74) is 2.32. The van der Waals surface area contributed by atoms with Gasteiger partial charge in [-0.3, -0.25) is 19.2 Å². The lowest BCUT2D eigenvalue weighted by atomic mass is 10.1. The number of halogens is 1. The van der Waals surface area contributed by atoms with Gasteiger partial charge in [0.2, 0.25) is 5.91 Å². The molecule has 180 valence electrons. The standard InChI is InChI=1S/C26H27FN6OS/c1-18(25(34)29-23-9-5-8-22-21(23)7-6-14-28-22)35-26-31-30-24(17-32-15-3-2-4-16-32)33(26)20-12-10-19(27)11-13-20/h5-14,18H,2-4,15-17H2,1H3,(H,29,34). The van der Waals surface area contributed by atoms with E-state index in [1.54, 1.807) is 18.3 Å². The van der Waals surface area contributed by atoms with Crippen molar-refractivity contribution in [2.75, 3.05) is 18.4 Å². The molecule has 2 aromatic carbocycles. The van der Waals surface area contributed by atoms with Crippen molar-refractivity contribution in [1.82, 2.24) is 24.6 Å². The molecule has 7 nitrogen and oxygen atoms in total. The number of aromatic nitrogens is 4. The summed E-state index contributed by atoms with van der Waals surface area (Å²) in [4.78, 5) is 19.8. The lowest BCUT2D eigenvalue weighted by Gasteiger charge is -2.26. The second-order valence-electron chi connectivity index (χ2n) is 8.67. The van der Waals surface area contributed by atoms with Gasteiger partial charge in [-0.05, 0) is 81.4 Å². The zero-order valence-corrected chi connectivity index (χ0v) is 20.3. The lowest BCUT2D eigenvalue weighted by molar-refractivity contribution is -0.115. The average Bonchev–Trinajstić information content (AvgIpc) is 3.27. The Morgan fingerprint density at radius 3 is 2.66 bits per heavy atom. The van der Waals surface area contributed by atoms with Gasteiger partial charge in [0, 0.05) is 17.3 Å². The van der Waals surface area contributed by atoms with Crippen LogP contribution in [0.2, 0.25) is 0 Å². The number of likely N-dealkylation sites (tertiary alicyclic amines) is 1. The second kappa shape index (κ2) is 10.5. The quantitative estimate of drug-likeness (QED) is 0.365. The van der Waals surface area contributed by atoms with Crippen LogP contribution in [0.15, 0.2) is 66.0 Å². The normalized spacial score (nSPS) is 15.3. The van der Waals surface area contributed by atoms with Gasteiger partial charge in [0.15, 0.2) is 11.0 Å². The van der Waals surface area contributed by atoms with Crippen LogP contribution in [-0.4, -0.2) is 48.9 Å². The molecule has 0 saturated carbocycles. The van der Waals surface area contributed by atoms with Crippen LogP contribution >= 0.6 is 11.8 Å². The maximum Gasteiger partial charge on any atom is 0.237 e. The predicted molar refractivity (Wildman–Crippen MR) is 136 cm³/mol. The highest BCUT2D eigenvalue weighted by Crippen LogP contribution is 2.29. The Labute approximate surface area is 207 Å². The van der Waals surface area contributed by atoms with Crippen molar-refractivity contribution in [3.8, 4) is 5.69 Å². The molecule has 0 spiro atoms. The number of carbonyl (C=O) groups excluding carboxylic acids is 1. The molecule has 0 aliphatic carbocycles. The van der Waals surface area contributed by atoms with Crippen molar-refractivity contribution in [3.05, 3.63) is 72.4 Å². The fourth-order valence-corrected chi connectivity index (χ4v) is 5.19. The van der Waals surface area contributed by atoms with Crippen molar-refractivity contribution in [2.24, 2.45) is 0 Å². The first-order valence-corrected chi connectivity index (χ1v) is 12.7. The molecule has 2 aromatic heterocycles. The number of thioether (sulfide) groups is 1. The van der Waals surface area contributed by atoms with Crippen LogP contribution in [-0.2, 0) is 11.3 Å². The summed E-state index contributed by atoms with van der Waals surface area (Å²) in [6.07, 6.45) is 5.33. The Morgan fingerprint density at radius 2 is 1.86 bits per heavy atom. The number of fused-ring (bicyclic) bond motifs is 1. The largest absolute Gasteiger partial charge is 0.324 e. The van der Waals surface area contributed by atoms with Crippen molar-refractivity contribution in [3.63, 3.8) is 0 Å². The number of pyridine rings is 1. The molecule has 1 fully saturated rings. The zero-order chi connectivity index (χ0) is 24.2. The third kappa shape index (κ3) is 5.36. The minimum atomic E-state index is -0.437. The van der Waals surface area contributed by atoms with Crippen LogP contribution in [0.25, 0.3) is 16.6 Å². The van der Waals surface area contributed by atoms with Gasteiger partial charge in [-0.2, -0.15) is 0 Å². The van der Waals surface area contributed by atoms with E-state index >= 15 is 0 Å². The van der Waals surface area contributed by atoms with E-state index in [4.69, 9.17) is 0 Å². The number of piperidine rings is 1. The fourth-order valence-electron chi connectivity index (χ4n) is 4.30. The molecule has 3 heterocycles. The van der Waals surface area contributed by atoms with Crippen LogP contribution in [0.4, 0.5) is 10.1 Å². The summed E-state index contributed by atoms with van der Waals surface area (Å²) in [6, 6.07) is 15.7. The van der Waals surface area contributed by atoms with Crippen LogP contribution in [0.3, 0.4) is 0 Å². The minimum absolute atomic E-state index is 0.141. The van der Waals surface area contributed by atoms with E-state index in [2.05, 4.69) is 25.4 Å². The van der Waals surface area contributed by atoms with Crippen molar-refractivity contribution < 1.29 is 9.18 Å². The first kappa shape index (κ1) is 23.4. The topological polar surface area (TPSA) is 75.9 Å². The molecule has 1 saturated heterocycles. The van der Waals surface area contributed by atoms with E-state index in [1.165, 1.54) is 43.2 Å². The first-order chi connectivity index (χ1) is 17.1. The summed E-state index contributed by atoms with van der Waals surface area (Å²) in [6.45, 7) is 4.56. The zero-order valence-electron chi connectivity index (χ0n) is 19.5. The summed E-state index contributed by atoms with van der Waals surface area (Å²) in [5.74, 6) is 0.345. The highest BCUT2D eigenvalue weighted by atomic mass is 32.2. The Morgan fingerprint density at radius 1 is 1.06 bits per heavy atom. The number of hydrogen-bond donors (Lipinski definition) is 1. The highest BCUT2D eigenvalue weighted by Gasteiger charge is 2.23. The van der Waals surface area contributed by atoms with E-state index in [1.807, 2.05) is 41.8 Å². The molecule has 0 radical (unpaired) electrons. The van der Waals surface area contributed by atoms with Crippen molar-refractivity contribution >= 4 is 34.3 Å². The predicted octanol–water partition coefficient (Wildman–Crippen LogP) is 5.06. The molecule has 0 bridgehead atoms. The summed E-state index contributed by atoms with van der Waals surface area (Å²) < 4.78 is 15.6. The van der Waals surface area contributed by atoms with Gasteiger partial charge in [-0.15, -0.1) is 10.2 Å². The monoisotopic (exact) mass is 490 g/mol. The number of benzene rings is 2. The van der Waals surface area contributed by atoms with Crippen LogP contribution in [0.5, 0.6) is 0 Å². The Balaban J connectivity index is 1.38. The number of hydrogen-bond acceptors (Lipinski definition) is 6. The van der Waals surface area contributed by atoms with Gasteiger partial charge in [0.05, 0.1) is 23.0 Å². The first-order valence-electron chi connectivity index (χ1n) is 11.8. The third-order valence-corrected chi connectivity index (χ3v) is 7.20. The van der Waals surface area contributed by atoms with Crippen LogP contribution < -0.4 is 5.32 Å². The van der Waals surface area contributed by atoms with Gasteiger partial charge < -0.3 is 5.32 Å². The number of carbonyl (C=O) groups is 1. The number of rotatable bonds is 7. The van der Waals surface area contributed by atoms with E-state index in [0.717, 1.165) is 41.2 Å². The number of nitrogens with zero attached hydrogens (tertiary/aromatic N) is 5. The maximum absolute atomic E-state index is 13.6. The molecular weight excluding hydrogens is 463 g/mol. The summed E-state index contributed by atoms with van der Waals surface area (Å²) >= 11 is 1.33. The van der Waals surface area contributed by atoms with Gasteiger partial charge >= 0.3 is 0 Å². The Bertz CT molecular complexity index is 1310. The van der Waals surface area contributed by atoms with Crippen molar-refractivity contribution in [1.29, 1.82) is 0 Å². The molecule has 9 heteroatoms. The molecular formula is C26H27FN6OS. The third-order valence-electron chi connectivity index (χ3n) is 6.15. The smallest absolute Gasteiger partial charge is 0.237 e. The number of anilines is 1. The number of amides is 1. The molecule has 1 aliphatic heterocycles. The second-order valence-corrected chi connectivity index (χ2v) is 9.98. The maximum atomic E-state index is 13.6. The summed E-state index contributed by atoms with van der Waals surface area (Å²) in [5, 5.41) is 13.0. The molecule has 1 N–H and O–H groups in total. The van der Waals surface area contributed by atoms with Gasteiger partial charge in [-0.1, -0.05) is 24.2 Å². The summed E-state index contributed by atoms with van der Waals surface area (Å²) in [7, 11) is 0. The lowest BCUT2D eigenvalue weighted by Crippen LogP contribution is -2.30. The molecule has 1 amide bonds. The molecule has 5 rings (SSSR count). The molecule has 35 heavy (non-hydrogen) atoms. The van der Waals surface area contributed by atoms with Crippen LogP contribution in [0.1, 0.15) is 32.0 Å². The Hall–Kier alpha value is -3.30. The van der Waals surface area contributed by atoms with Gasteiger partial charge in [-0.25, -0.2) is 4.39 Å². The van der Waals surface area contributed by atoms with E-state index in [9.17, 15) is 9.18 Å². The SMILES string of the molecule is CC(Sc1nnc(CN2CCCCC2)n1-c1ccc(F)cc1)C(=O)Nc1cccc2ncccc12. The molecule has 1 atom stereocenters. The van der Waals surface area contributed by atoms with Crippen molar-refractivity contribution in [2.45, 2.75) is 43.1 Å². The number of nitrogens with one attached hydrogen (secondary N) is 1. The molecule has 1 aliphatic rings.